The van der Waals surface area contributed by atoms with Crippen molar-refractivity contribution >= 4 is 19.1 Å². The van der Waals surface area contributed by atoms with Crippen LogP contribution in [0, 0.1) is 11.3 Å². The summed E-state index contributed by atoms with van der Waals surface area (Å²) in [6, 6.07) is 0. The van der Waals surface area contributed by atoms with E-state index in [1.165, 1.54) is 21.0 Å². The van der Waals surface area contributed by atoms with Crippen LogP contribution in [0.3, 0.4) is 0 Å². The minimum Gasteiger partial charge on any atom is -0.469 e. The van der Waals surface area contributed by atoms with Gasteiger partial charge in [-0.1, -0.05) is 0 Å². The van der Waals surface area contributed by atoms with Crippen LogP contribution in [-0.4, -0.2) is 34.5 Å². The Kier molecular flexibility index (Phi) is 4.47. The topological polar surface area (TPSA) is 90.6 Å². The zero-order chi connectivity index (χ0) is 10.6. The molecule has 0 aliphatic rings. The second-order valence-electron chi connectivity index (χ2n) is 2.92. The summed E-state index contributed by atoms with van der Waals surface area (Å²) in [6.07, 6.45) is -0.116. The molecule has 1 unspecified atom stereocenters. The van der Waals surface area contributed by atoms with E-state index < -0.39 is 19.6 Å². The van der Waals surface area contributed by atoms with Crippen molar-refractivity contribution in [1.29, 1.82) is 5.41 Å². The molecule has 0 aromatic carbocycles. The SMILES string of the molecule is COC(=O)C(C)C[P+](O)(O)C(C)=N. The average molecular weight is 208 g/mol. The standard InChI is InChI=1S/C7H15NO4P/c1-5(7(9)12-3)4-13(10,11)6(2)8/h5,8,10-11H,4H2,1-3H3/q+1. The molecule has 0 bridgehead atoms. The first-order valence-corrected chi connectivity index (χ1v) is 5.66. The lowest BCUT2D eigenvalue weighted by Crippen LogP contribution is -2.20. The molecule has 13 heavy (non-hydrogen) atoms. The van der Waals surface area contributed by atoms with Gasteiger partial charge in [0.2, 0.25) is 5.45 Å². The third-order valence-electron chi connectivity index (χ3n) is 1.67. The number of hydrogen-bond donors (Lipinski definition) is 3. The van der Waals surface area contributed by atoms with Crippen molar-refractivity contribution < 1.29 is 19.3 Å². The van der Waals surface area contributed by atoms with E-state index in [9.17, 15) is 14.6 Å². The number of methoxy groups -OCH3 is 1. The maximum absolute atomic E-state index is 10.9. The molecule has 0 amide bonds. The smallest absolute Gasteiger partial charge is 0.314 e. The van der Waals surface area contributed by atoms with Crippen LogP contribution < -0.4 is 0 Å². The lowest BCUT2D eigenvalue weighted by Gasteiger charge is -2.13. The first kappa shape index (κ1) is 12.5. The Labute approximate surface area is 77.7 Å². The summed E-state index contributed by atoms with van der Waals surface area (Å²) in [5, 5.41) is 7.09. The summed E-state index contributed by atoms with van der Waals surface area (Å²) < 4.78 is 4.42. The first-order chi connectivity index (χ1) is 5.81. The average Bonchev–Trinajstić information content (AvgIpc) is 2.01. The van der Waals surface area contributed by atoms with Crippen molar-refractivity contribution in [1.82, 2.24) is 0 Å². The van der Waals surface area contributed by atoms with E-state index in [2.05, 4.69) is 4.74 Å². The van der Waals surface area contributed by atoms with Gasteiger partial charge >= 0.3 is 13.7 Å². The van der Waals surface area contributed by atoms with Gasteiger partial charge in [0, 0.05) is 6.92 Å². The molecule has 0 saturated carbocycles. The zero-order valence-corrected chi connectivity index (χ0v) is 8.84. The molecule has 76 valence electrons. The fraction of sp³-hybridized carbons (Fsp3) is 0.714. The fourth-order valence-corrected chi connectivity index (χ4v) is 1.98. The summed E-state index contributed by atoms with van der Waals surface area (Å²) in [5.74, 6) is -1.08. The molecule has 0 aromatic heterocycles. The third kappa shape index (κ3) is 3.81. The van der Waals surface area contributed by atoms with E-state index in [4.69, 9.17) is 5.41 Å². The van der Waals surface area contributed by atoms with Gasteiger partial charge in [-0.05, 0) is 6.92 Å². The highest BCUT2D eigenvalue weighted by molar-refractivity contribution is 7.81. The third-order valence-corrected chi connectivity index (χ3v) is 3.80. The molecule has 0 fully saturated rings. The lowest BCUT2D eigenvalue weighted by molar-refractivity contribution is -0.144. The largest absolute Gasteiger partial charge is 0.469 e. The monoisotopic (exact) mass is 208 g/mol. The lowest BCUT2D eigenvalue weighted by atomic mass is 10.2. The minimum absolute atomic E-state index is 0.116. The molecular weight excluding hydrogens is 193 g/mol. The number of hydrogen-bond acceptors (Lipinski definition) is 5. The van der Waals surface area contributed by atoms with E-state index in [0.717, 1.165) is 0 Å². The molecule has 0 rings (SSSR count). The fourth-order valence-electron chi connectivity index (χ4n) is 0.795. The quantitative estimate of drug-likeness (QED) is 0.359. The van der Waals surface area contributed by atoms with Crippen molar-refractivity contribution in [2.24, 2.45) is 5.92 Å². The Bertz CT molecular complexity index is 217. The summed E-state index contributed by atoms with van der Waals surface area (Å²) in [4.78, 5) is 29.6. The Hall–Kier alpha value is -0.510. The summed E-state index contributed by atoms with van der Waals surface area (Å²) in [5.41, 5.74) is -0.178. The normalized spacial score (nSPS) is 13.6. The molecule has 0 radical (unpaired) electrons. The maximum atomic E-state index is 10.9. The number of nitrogens with one attached hydrogen (secondary N) is 1. The van der Waals surface area contributed by atoms with Gasteiger partial charge < -0.3 is 4.74 Å². The van der Waals surface area contributed by atoms with Gasteiger partial charge in [-0.25, -0.2) is 9.79 Å². The van der Waals surface area contributed by atoms with Crippen LogP contribution in [0.2, 0.25) is 0 Å². The van der Waals surface area contributed by atoms with Crippen molar-refractivity contribution in [3.63, 3.8) is 0 Å². The highest BCUT2D eigenvalue weighted by Crippen LogP contribution is 2.52. The molecule has 0 aliphatic heterocycles. The summed E-state index contributed by atoms with van der Waals surface area (Å²) in [7, 11) is -2.11. The Morgan fingerprint density at radius 2 is 2.08 bits per heavy atom. The molecule has 6 heteroatoms. The van der Waals surface area contributed by atoms with E-state index >= 15 is 0 Å². The van der Waals surface area contributed by atoms with Gasteiger partial charge in [-0.15, -0.1) is 0 Å². The molecule has 1 atom stereocenters. The van der Waals surface area contributed by atoms with Crippen LogP contribution in [0.1, 0.15) is 13.8 Å². The van der Waals surface area contributed by atoms with Gasteiger partial charge in [-0.2, -0.15) is 0 Å². The van der Waals surface area contributed by atoms with Gasteiger partial charge in [0.1, 0.15) is 6.16 Å². The second-order valence-corrected chi connectivity index (χ2v) is 5.42. The Morgan fingerprint density at radius 1 is 1.62 bits per heavy atom. The van der Waals surface area contributed by atoms with Crippen molar-refractivity contribution in [3.05, 3.63) is 0 Å². The first-order valence-electron chi connectivity index (χ1n) is 3.78. The van der Waals surface area contributed by atoms with Crippen LogP contribution in [0.25, 0.3) is 0 Å². The van der Waals surface area contributed by atoms with Gasteiger partial charge in [-0.3, -0.25) is 10.2 Å². The van der Waals surface area contributed by atoms with E-state index in [0.29, 0.717) is 0 Å². The Morgan fingerprint density at radius 3 is 2.38 bits per heavy atom. The summed E-state index contributed by atoms with van der Waals surface area (Å²) >= 11 is 0. The number of esters is 1. The number of carbonyl (C=O) groups excluding carboxylic acids is 1. The Balaban J connectivity index is 4.27. The number of rotatable bonds is 4. The highest BCUT2D eigenvalue weighted by atomic mass is 31.2. The van der Waals surface area contributed by atoms with Crippen LogP contribution in [0.5, 0.6) is 0 Å². The van der Waals surface area contributed by atoms with Gasteiger partial charge in [0.05, 0.1) is 13.0 Å². The van der Waals surface area contributed by atoms with E-state index in [-0.39, 0.29) is 11.6 Å². The molecular formula is C7H15NO4P+. The molecule has 0 saturated heterocycles. The summed E-state index contributed by atoms with van der Waals surface area (Å²) in [6.45, 7) is 2.85. The van der Waals surface area contributed by atoms with E-state index in [1.54, 1.807) is 0 Å². The molecule has 3 N–H and O–H groups in total. The van der Waals surface area contributed by atoms with Crippen LogP contribution in [0.4, 0.5) is 0 Å². The van der Waals surface area contributed by atoms with Crippen LogP contribution in [0.15, 0.2) is 0 Å². The zero-order valence-electron chi connectivity index (χ0n) is 7.94. The number of carbonyl (C=O) groups is 1. The molecule has 5 nitrogen and oxygen atoms in total. The van der Waals surface area contributed by atoms with Gasteiger partial charge in [0.15, 0.2) is 0 Å². The predicted octanol–water partition coefficient (Wildman–Crippen LogP) is 0.625. The van der Waals surface area contributed by atoms with Crippen molar-refractivity contribution in [3.8, 4) is 0 Å². The van der Waals surface area contributed by atoms with Crippen LogP contribution in [-0.2, 0) is 9.53 Å². The van der Waals surface area contributed by atoms with Gasteiger partial charge in [0.25, 0.3) is 0 Å². The number of ether oxygens (including phenoxy) is 1. The highest BCUT2D eigenvalue weighted by Gasteiger charge is 2.40. The minimum atomic E-state index is -3.36. The maximum Gasteiger partial charge on any atom is 0.314 e. The van der Waals surface area contributed by atoms with Crippen LogP contribution >= 0.6 is 7.72 Å². The van der Waals surface area contributed by atoms with Crippen molar-refractivity contribution in [2.45, 2.75) is 13.8 Å². The molecule has 0 aromatic rings. The molecule has 0 heterocycles. The molecule has 0 aliphatic carbocycles. The predicted molar refractivity (Wildman–Crippen MR) is 50.8 cm³/mol. The second kappa shape index (κ2) is 4.65. The van der Waals surface area contributed by atoms with E-state index in [1.807, 2.05) is 0 Å². The van der Waals surface area contributed by atoms with Crippen molar-refractivity contribution in [2.75, 3.05) is 13.3 Å². The molecule has 0 spiro atoms.